The lowest BCUT2D eigenvalue weighted by atomic mass is 10.0. The van der Waals surface area contributed by atoms with E-state index in [-0.39, 0.29) is 17.8 Å². The Morgan fingerprint density at radius 2 is 1.88 bits per heavy atom. The van der Waals surface area contributed by atoms with Gasteiger partial charge in [0.25, 0.3) is 0 Å². The van der Waals surface area contributed by atoms with Crippen LogP contribution in [-0.2, 0) is 17.4 Å². The maximum absolute atomic E-state index is 12.7. The number of anilines is 1. The van der Waals surface area contributed by atoms with Crippen LogP contribution in [0.4, 0.5) is 18.9 Å². The van der Waals surface area contributed by atoms with Gasteiger partial charge in [-0.3, -0.25) is 4.79 Å². The number of halogens is 3. The molecular formula is C12H14F3NO. The van der Waals surface area contributed by atoms with E-state index in [9.17, 15) is 18.0 Å². The monoisotopic (exact) mass is 245 g/mol. The van der Waals surface area contributed by atoms with Crippen molar-refractivity contribution in [1.29, 1.82) is 0 Å². The summed E-state index contributed by atoms with van der Waals surface area (Å²) < 4.78 is 38.1. The SMILES string of the molecule is CC(=O)Cc1cc(N(C)C)ccc1C(F)(F)F. The van der Waals surface area contributed by atoms with Crippen LogP contribution in [0.5, 0.6) is 0 Å². The summed E-state index contributed by atoms with van der Waals surface area (Å²) in [7, 11) is 3.47. The molecule has 0 saturated heterocycles. The molecule has 0 aromatic heterocycles. The molecule has 0 saturated carbocycles. The van der Waals surface area contributed by atoms with Crippen molar-refractivity contribution in [2.45, 2.75) is 19.5 Å². The molecule has 5 heteroatoms. The Hall–Kier alpha value is -1.52. The van der Waals surface area contributed by atoms with Crippen LogP contribution < -0.4 is 4.90 Å². The van der Waals surface area contributed by atoms with E-state index in [2.05, 4.69) is 0 Å². The Morgan fingerprint density at radius 1 is 1.29 bits per heavy atom. The lowest BCUT2D eigenvalue weighted by molar-refractivity contribution is -0.138. The molecule has 0 aliphatic heterocycles. The highest BCUT2D eigenvalue weighted by molar-refractivity contribution is 5.79. The lowest BCUT2D eigenvalue weighted by Crippen LogP contribution is -2.14. The summed E-state index contributed by atoms with van der Waals surface area (Å²) in [6, 6.07) is 3.82. The van der Waals surface area contributed by atoms with Gasteiger partial charge >= 0.3 is 6.18 Å². The third kappa shape index (κ3) is 3.47. The number of nitrogens with zero attached hydrogens (tertiary/aromatic N) is 1. The van der Waals surface area contributed by atoms with Crippen LogP contribution in [0.1, 0.15) is 18.1 Å². The quantitative estimate of drug-likeness (QED) is 0.816. The minimum absolute atomic E-state index is 0.0243. The molecule has 1 aromatic carbocycles. The molecule has 1 aromatic rings. The number of Topliss-reactive ketones (excluding diaryl/α,β-unsaturated/α-hetero) is 1. The maximum atomic E-state index is 12.7. The molecule has 17 heavy (non-hydrogen) atoms. The van der Waals surface area contributed by atoms with Crippen LogP contribution in [0.2, 0.25) is 0 Å². The van der Waals surface area contributed by atoms with E-state index in [1.54, 1.807) is 19.0 Å². The fraction of sp³-hybridized carbons (Fsp3) is 0.417. The van der Waals surface area contributed by atoms with Gasteiger partial charge in [-0.1, -0.05) is 0 Å². The van der Waals surface area contributed by atoms with E-state index in [0.717, 1.165) is 6.07 Å². The predicted octanol–water partition coefficient (Wildman–Crippen LogP) is 2.90. The summed E-state index contributed by atoms with van der Waals surface area (Å²) in [5.74, 6) is -0.286. The standard InChI is InChI=1S/C12H14F3NO/c1-8(17)6-9-7-10(16(2)3)4-5-11(9)12(13,14)15/h4-5,7H,6H2,1-3H3. The molecule has 0 spiro atoms. The number of benzene rings is 1. The Bertz CT molecular complexity index is 424. The number of hydrogen-bond donors (Lipinski definition) is 0. The second-order valence-corrected chi connectivity index (χ2v) is 4.11. The largest absolute Gasteiger partial charge is 0.416 e. The summed E-state index contributed by atoms with van der Waals surface area (Å²) in [6.07, 6.45) is -4.62. The number of alkyl halides is 3. The van der Waals surface area contributed by atoms with Crippen LogP contribution in [0.25, 0.3) is 0 Å². The molecule has 0 heterocycles. The van der Waals surface area contributed by atoms with Crippen LogP contribution in [0.3, 0.4) is 0 Å². The smallest absolute Gasteiger partial charge is 0.378 e. The fourth-order valence-electron chi connectivity index (χ4n) is 1.55. The fourth-order valence-corrected chi connectivity index (χ4v) is 1.55. The Labute approximate surface area is 98.0 Å². The van der Waals surface area contributed by atoms with Crippen LogP contribution in [0, 0.1) is 0 Å². The molecule has 0 atom stereocenters. The number of carbonyl (C=O) groups is 1. The third-order valence-corrected chi connectivity index (χ3v) is 2.35. The lowest BCUT2D eigenvalue weighted by Gasteiger charge is -2.17. The Morgan fingerprint density at radius 3 is 2.29 bits per heavy atom. The normalized spacial score (nSPS) is 11.4. The van der Waals surface area contributed by atoms with Gasteiger partial charge in [-0.05, 0) is 30.7 Å². The minimum atomic E-state index is -4.42. The zero-order chi connectivity index (χ0) is 13.2. The van der Waals surface area contributed by atoms with Gasteiger partial charge in [0.05, 0.1) is 5.56 Å². The Balaban J connectivity index is 3.26. The van der Waals surface area contributed by atoms with Crippen molar-refractivity contribution in [1.82, 2.24) is 0 Å². The molecule has 2 nitrogen and oxygen atoms in total. The van der Waals surface area contributed by atoms with E-state index in [0.29, 0.717) is 5.69 Å². The average Bonchev–Trinajstić information content (AvgIpc) is 2.14. The topological polar surface area (TPSA) is 20.3 Å². The highest BCUT2D eigenvalue weighted by Gasteiger charge is 2.33. The first-order chi connectivity index (χ1) is 7.71. The minimum Gasteiger partial charge on any atom is -0.378 e. The van der Waals surface area contributed by atoms with Gasteiger partial charge < -0.3 is 4.90 Å². The van der Waals surface area contributed by atoms with Gasteiger partial charge in [0.1, 0.15) is 5.78 Å². The first-order valence-corrected chi connectivity index (χ1v) is 5.08. The molecule has 0 aliphatic carbocycles. The first kappa shape index (κ1) is 13.5. The molecule has 0 aliphatic rings. The number of ketones is 1. The molecule has 0 fully saturated rings. The molecule has 94 valence electrons. The van der Waals surface area contributed by atoms with Crippen molar-refractivity contribution >= 4 is 11.5 Å². The van der Waals surface area contributed by atoms with Crippen LogP contribution >= 0.6 is 0 Å². The molecule has 1 rings (SSSR count). The molecule has 0 amide bonds. The van der Waals surface area contributed by atoms with Gasteiger partial charge in [-0.15, -0.1) is 0 Å². The molecule has 0 unspecified atom stereocenters. The number of rotatable bonds is 3. The van der Waals surface area contributed by atoms with E-state index in [1.165, 1.54) is 19.1 Å². The average molecular weight is 245 g/mol. The molecule has 0 radical (unpaired) electrons. The van der Waals surface area contributed by atoms with Gasteiger partial charge in [-0.25, -0.2) is 0 Å². The van der Waals surface area contributed by atoms with Crippen molar-refractivity contribution in [2.75, 3.05) is 19.0 Å². The second kappa shape index (κ2) is 4.77. The molecular weight excluding hydrogens is 231 g/mol. The summed E-state index contributed by atoms with van der Waals surface area (Å²) in [6.45, 7) is 1.28. The number of carbonyl (C=O) groups excluding carboxylic acids is 1. The zero-order valence-electron chi connectivity index (χ0n) is 9.93. The third-order valence-electron chi connectivity index (χ3n) is 2.35. The van der Waals surface area contributed by atoms with Gasteiger partial charge in [0.15, 0.2) is 0 Å². The summed E-state index contributed by atoms with van der Waals surface area (Å²) in [4.78, 5) is 12.7. The van der Waals surface area contributed by atoms with E-state index in [1.807, 2.05) is 0 Å². The van der Waals surface area contributed by atoms with Gasteiger partial charge in [-0.2, -0.15) is 13.2 Å². The van der Waals surface area contributed by atoms with Crippen LogP contribution in [0.15, 0.2) is 18.2 Å². The predicted molar refractivity (Wildman–Crippen MR) is 60.2 cm³/mol. The summed E-state index contributed by atoms with van der Waals surface area (Å²) >= 11 is 0. The second-order valence-electron chi connectivity index (χ2n) is 4.11. The Kier molecular flexibility index (Phi) is 3.80. The van der Waals surface area contributed by atoms with E-state index in [4.69, 9.17) is 0 Å². The van der Waals surface area contributed by atoms with E-state index < -0.39 is 11.7 Å². The van der Waals surface area contributed by atoms with Crippen LogP contribution in [-0.4, -0.2) is 19.9 Å². The molecule has 0 N–H and O–H groups in total. The van der Waals surface area contributed by atoms with Crippen molar-refractivity contribution in [3.8, 4) is 0 Å². The highest BCUT2D eigenvalue weighted by atomic mass is 19.4. The summed E-state index contributed by atoms with van der Waals surface area (Å²) in [5.41, 5.74) is -0.0660. The highest BCUT2D eigenvalue weighted by Crippen LogP contribution is 2.34. The van der Waals surface area contributed by atoms with Crippen molar-refractivity contribution in [3.63, 3.8) is 0 Å². The zero-order valence-corrected chi connectivity index (χ0v) is 9.93. The maximum Gasteiger partial charge on any atom is 0.416 e. The van der Waals surface area contributed by atoms with E-state index >= 15 is 0 Å². The van der Waals surface area contributed by atoms with Crippen molar-refractivity contribution in [2.24, 2.45) is 0 Å². The van der Waals surface area contributed by atoms with Gasteiger partial charge in [0.2, 0.25) is 0 Å². The first-order valence-electron chi connectivity index (χ1n) is 5.08. The molecule has 0 bridgehead atoms. The van der Waals surface area contributed by atoms with Gasteiger partial charge in [0, 0.05) is 26.2 Å². The number of hydrogen-bond acceptors (Lipinski definition) is 2. The van der Waals surface area contributed by atoms with Crippen molar-refractivity contribution in [3.05, 3.63) is 29.3 Å². The van der Waals surface area contributed by atoms with Crippen molar-refractivity contribution < 1.29 is 18.0 Å². The summed E-state index contributed by atoms with van der Waals surface area (Å²) in [5, 5.41) is 0.